The van der Waals surface area contributed by atoms with Gasteiger partial charge >= 0.3 is 5.97 Å². The van der Waals surface area contributed by atoms with Crippen molar-refractivity contribution < 1.29 is 19.1 Å². The molecule has 5 nitrogen and oxygen atoms in total. The normalized spacial score (nSPS) is 11.5. The minimum atomic E-state index is -1.01. The minimum absolute atomic E-state index is 0.293. The van der Waals surface area contributed by atoms with Crippen LogP contribution in [0, 0.1) is 0 Å². The van der Waals surface area contributed by atoms with Crippen LogP contribution in [0.3, 0.4) is 0 Å². The van der Waals surface area contributed by atoms with Crippen molar-refractivity contribution in [2.75, 3.05) is 21.2 Å². The van der Waals surface area contributed by atoms with Gasteiger partial charge < -0.3 is 14.4 Å². The van der Waals surface area contributed by atoms with E-state index < -0.39 is 12.1 Å². The highest BCUT2D eigenvalue weighted by Gasteiger charge is 2.27. The zero-order valence-electron chi connectivity index (χ0n) is 13.7. The van der Waals surface area contributed by atoms with Crippen molar-refractivity contribution in [2.45, 2.75) is 6.10 Å². The summed E-state index contributed by atoms with van der Waals surface area (Å²) < 4.78 is 11.2. The second-order valence-corrected chi connectivity index (χ2v) is 6.13. The topological polar surface area (TPSA) is 55.8 Å². The smallest absolute Gasteiger partial charge is 0.340 e. The summed E-state index contributed by atoms with van der Waals surface area (Å²) in [6, 6.07) is 13.9. The van der Waals surface area contributed by atoms with Gasteiger partial charge in [-0.05, 0) is 34.1 Å². The number of carbonyl (C=O) groups excluding carboxylic acids is 2. The summed E-state index contributed by atoms with van der Waals surface area (Å²) >= 11 is 3.32. The zero-order chi connectivity index (χ0) is 17.7. The highest BCUT2D eigenvalue weighted by molar-refractivity contribution is 9.10. The number of carbonyl (C=O) groups is 2. The SMILES string of the molecule is COc1ccc(Br)c(C(=O)O[C@@H](C(=O)N(C)C)c2ccccc2)c1. The molecule has 1 atom stereocenters. The number of hydrogen-bond donors (Lipinski definition) is 0. The van der Waals surface area contributed by atoms with Crippen LogP contribution in [-0.2, 0) is 9.53 Å². The van der Waals surface area contributed by atoms with Crippen LogP contribution in [0.25, 0.3) is 0 Å². The van der Waals surface area contributed by atoms with Gasteiger partial charge in [0.15, 0.2) is 0 Å². The largest absolute Gasteiger partial charge is 0.497 e. The summed E-state index contributed by atoms with van der Waals surface area (Å²) in [6.07, 6.45) is -1.01. The third-order valence-electron chi connectivity index (χ3n) is 3.39. The third-order valence-corrected chi connectivity index (χ3v) is 4.08. The molecule has 0 aromatic heterocycles. The Morgan fingerprint density at radius 3 is 2.33 bits per heavy atom. The predicted molar refractivity (Wildman–Crippen MR) is 94.0 cm³/mol. The first-order valence-electron chi connectivity index (χ1n) is 7.24. The Bertz CT molecular complexity index is 731. The van der Waals surface area contributed by atoms with E-state index in [2.05, 4.69) is 15.9 Å². The minimum Gasteiger partial charge on any atom is -0.497 e. The van der Waals surface area contributed by atoms with E-state index in [4.69, 9.17) is 9.47 Å². The maximum Gasteiger partial charge on any atom is 0.340 e. The number of amides is 1. The van der Waals surface area contributed by atoms with Crippen LogP contribution < -0.4 is 4.74 Å². The van der Waals surface area contributed by atoms with Crippen LogP contribution in [0.2, 0.25) is 0 Å². The van der Waals surface area contributed by atoms with Crippen molar-refractivity contribution in [3.8, 4) is 5.75 Å². The van der Waals surface area contributed by atoms with Crippen molar-refractivity contribution in [3.05, 3.63) is 64.1 Å². The monoisotopic (exact) mass is 391 g/mol. The molecule has 0 heterocycles. The van der Waals surface area contributed by atoms with E-state index >= 15 is 0 Å². The fourth-order valence-corrected chi connectivity index (χ4v) is 2.49. The number of hydrogen-bond acceptors (Lipinski definition) is 4. The van der Waals surface area contributed by atoms with E-state index in [1.165, 1.54) is 12.0 Å². The summed E-state index contributed by atoms with van der Waals surface area (Å²) in [5, 5.41) is 0. The third kappa shape index (κ3) is 4.14. The molecule has 0 N–H and O–H groups in total. The van der Waals surface area contributed by atoms with Crippen LogP contribution >= 0.6 is 15.9 Å². The fourth-order valence-electron chi connectivity index (χ4n) is 2.08. The summed E-state index contributed by atoms with van der Waals surface area (Å²) in [5.74, 6) is -0.390. The molecule has 0 saturated carbocycles. The average Bonchev–Trinajstić information content (AvgIpc) is 2.60. The van der Waals surface area contributed by atoms with Crippen LogP contribution in [0.4, 0.5) is 0 Å². The molecule has 2 rings (SSSR count). The molecule has 0 saturated heterocycles. The Morgan fingerprint density at radius 2 is 1.75 bits per heavy atom. The Balaban J connectivity index is 2.33. The van der Waals surface area contributed by atoms with E-state index in [1.807, 2.05) is 6.07 Å². The molecule has 0 aliphatic carbocycles. The lowest BCUT2D eigenvalue weighted by Gasteiger charge is -2.21. The van der Waals surface area contributed by atoms with E-state index in [1.54, 1.807) is 56.6 Å². The number of esters is 1. The zero-order valence-corrected chi connectivity index (χ0v) is 15.2. The van der Waals surface area contributed by atoms with E-state index in [9.17, 15) is 9.59 Å². The highest BCUT2D eigenvalue weighted by Crippen LogP contribution is 2.26. The van der Waals surface area contributed by atoms with Crippen molar-refractivity contribution in [1.82, 2.24) is 4.90 Å². The summed E-state index contributed by atoms with van der Waals surface area (Å²) in [4.78, 5) is 26.4. The molecule has 126 valence electrons. The van der Waals surface area contributed by atoms with Crippen molar-refractivity contribution in [1.29, 1.82) is 0 Å². The lowest BCUT2D eigenvalue weighted by Crippen LogP contribution is -2.31. The maximum atomic E-state index is 12.6. The fraction of sp³-hybridized carbons (Fsp3) is 0.222. The van der Waals surface area contributed by atoms with Gasteiger partial charge in [0.2, 0.25) is 6.10 Å². The number of methoxy groups -OCH3 is 1. The number of halogens is 1. The molecule has 0 unspecified atom stereocenters. The summed E-state index contributed by atoms with van der Waals surface area (Å²) in [5.41, 5.74) is 0.908. The molecule has 0 radical (unpaired) electrons. The van der Waals surface area contributed by atoms with Gasteiger partial charge in [0.05, 0.1) is 12.7 Å². The Hall–Kier alpha value is -2.34. The lowest BCUT2D eigenvalue weighted by atomic mass is 10.1. The van der Waals surface area contributed by atoms with E-state index in [-0.39, 0.29) is 5.91 Å². The molecule has 2 aromatic carbocycles. The maximum absolute atomic E-state index is 12.6. The number of likely N-dealkylation sites (N-methyl/N-ethyl adjacent to an activating group) is 1. The quantitative estimate of drug-likeness (QED) is 0.732. The van der Waals surface area contributed by atoms with Gasteiger partial charge in [0, 0.05) is 24.1 Å². The van der Waals surface area contributed by atoms with Gasteiger partial charge in [-0.15, -0.1) is 0 Å². The average molecular weight is 392 g/mol. The molecule has 1 amide bonds. The number of rotatable bonds is 5. The molecule has 2 aromatic rings. The second kappa shape index (κ2) is 7.97. The molecule has 0 aliphatic rings. The predicted octanol–water partition coefficient (Wildman–Crippen LogP) is 3.44. The molecule has 0 fully saturated rings. The van der Waals surface area contributed by atoms with Crippen LogP contribution in [0.5, 0.6) is 5.75 Å². The second-order valence-electron chi connectivity index (χ2n) is 5.27. The van der Waals surface area contributed by atoms with Gasteiger partial charge in [-0.2, -0.15) is 0 Å². The molecular weight excluding hydrogens is 374 g/mol. The molecule has 6 heteroatoms. The van der Waals surface area contributed by atoms with Crippen molar-refractivity contribution in [3.63, 3.8) is 0 Å². The van der Waals surface area contributed by atoms with Crippen LogP contribution in [-0.4, -0.2) is 38.0 Å². The summed E-state index contributed by atoms with van der Waals surface area (Å²) in [7, 11) is 4.75. The van der Waals surface area contributed by atoms with Gasteiger partial charge in [-0.3, -0.25) is 4.79 Å². The van der Waals surface area contributed by atoms with Crippen LogP contribution in [0.15, 0.2) is 53.0 Å². The Kier molecular flexibility index (Phi) is 5.98. The highest BCUT2D eigenvalue weighted by atomic mass is 79.9. The van der Waals surface area contributed by atoms with E-state index in [0.717, 1.165) is 0 Å². The number of ether oxygens (including phenoxy) is 2. The Labute approximate surface area is 149 Å². The first kappa shape index (κ1) is 18.0. The lowest BCUT2D eigenvalue weighted by molar-refractivity contribution is -0.138. The Morgan fingerprint density at radius 1 is 1.08 bits per heavy atom. The van der Waals surface area contributed by atoms with Gasteiger partial charge in [0.1, 0.15) is 5.75 Å². The molecule has 0 bridgehead atoms. The number of nitrogens with zero attached hydrogens (tertiary/aromatic N) is 1. The molecule has 0 spiro atoms. The first-order valence-corrected chi connectivity index (χ1v) is 8.04. The van der Waals surface area contributed by atoms with E-state index in [0.29, 0.717) is 21.3 Å². The van der Waals surface area contributed by atoms with Crippen molar-refractivity contribution in [2.24, 2.45) is 0 Å². The van der Waals surface area contributed by atoms with Gasteiger partial charge in [-0.1, -0.05) is 30.3 Å². The van der Waals surface area contributed by atoms with Gasteiger partial charge in [-0.25, -0.2) is 4.79 Å². The number of benzene rings is 2. The van der Waals surface area contributed by atoms with Crippen LogP contribution in [0.1, 0.15) is 22.0 Å². The van der Waals surface area contributed by atoms with Crippen molar-refractivity contribution >= 4 is 27.8 Å². The molecular formula is C18H18BrNO4. The van der Waals surface area contributed by atoms with Gasteiger partial charge in [0.25, 0.3) is 5.91 Å². The summed E-state index contributed by atoms with van der Waals surface area (Å²) in [6.45, 7) is 0. The molecule has 24 heavy (non-hydrogen) atoms. The molecule has 0 aliphatic heterocycles. The standard InChI is InChI=1S/C18H18BrNO4/c1-20(2)17(21)16(12-7-5-4-6-8-12)24-18(22)14-11-13(23-3)9-10-15(14)19/h4-11,16H,1-3H3/t16-/m1/s1. The first-order chi connectivity index (χ1) is 11.4.